The minimum atomic E-state index is 0.0967. The van der Waals surface area contributed by atoms with Crippen molar-refractivity contribution in [3.63, 3.8) is 0 Å². The monoisotopic (exact) mass is 404 g/mol. The minimum Gasteiger partial charge on any atom is -0.318 e. The second-order valence-corrected chi connectivity index (χ2v) is 7.39. The Balaban J connectivity index is 1.84. The minimum absolute atomic E-state index is 0.0967. The molecule has 0 aliphatic carbocycles. The molecule has 2 heterocycles. The molecule has 3 rings (SSSR count). The van der Waals surface area contributed by atoms with E-state index in [-0.39, 0.29) is 5.78 Å². The maximum atomic E-state index is 12.6. The van der Waals surface area contributed by atoms with Gasteiger partial charge in [-0.3, -0.25) is 4.79 Å². The van der Waals surface area contributed by atoms with Crippen LogP contribution in [0, 0.1) is 13.8 Å². The van der Waals surface area contributed by atoms with Gasteiger partial charge >= 0.3 is 0 Å². The highest BCUT2D eigenvalue weighted by molar-refractivity contribution is 9.10. The molecule has 7 heteroatoms. The lowest BCUT2D eigenvalue weighted by Crippen LogP contribution is -2.06. The molecule has 0 fully saturated rings. The molecule has 0 aliphatic rings. The Labute approximate surface area is 153 Å². The number of carbonyl (C=O) groups is 1. The van der Waals surface area contributed by atoms with E-state index in [1.165, 1.54) is 11.8 Å². The van der Waals surface area contributed by atoms with Crippen LogP contribution in [0.2, 0.25) is 0 Å². The molecule has 0 amide bonds. The number of nitrogens with zero attached hydrogens (tertiary/aromatic N) is 4. The molecule has 1 aromatic carbocycles. The third-order valence-corrected chi connectivity index (χ3v) is 5.38. The first-order valence-corrected chi connectivity index (χ1v) is 9.20. The van der Waals surface area contributed by atoms with E-state index in [1.807, 2.05) is 55.8 Å². The summed E-state index contributed by atoms with van der Waals surface area (Å²) in [7, 11) is 1.87. The maximum absolute atomic E-state index is 12.6. The summed E-state index contributed by atoms with van der Waals surface area (Å²) in [6.45, 7) is 4.00. The fourth-order valence-electron chi connectivity index (χ4n) is 2.64. The van der Waals surface area contributed by atoms with Gasteiger partial charge in [-0.2, -0.15) is 0 Å². The lowest BCUT2D eigenvalue weighted by Gasteiger charge is -2.10. The van der Waals surface area contributed by atoms with Crippen molar-refractivity contribution in [2.75, 3.05) is 5.75 Å². The van der Waals surface area contributed by atoms with Crippen LogP contribution in [0.3, 0.4) is 0 Å². The Hall–Kier alpha value is -1.86. The summed E-state index contributed by atoms with van der Waals surface area (Å²) in [4.78, 5) is 12.6. The third kappa shape index (κ3) is 3.32. The summed E-state index contributed by atoms with van der Waals surface area (Å²) in [5, 5.41) is 8.57. The number of Topliss-reactive ketones (excluding diaryl/α,β-unsaturated/α-hetero) is 1. The summed E-state index contributed by atoms with van der Waals surface area (Å²) < 4.78 is 4.94. The molecule has 0 saturated carbocycles. The number of benzene rings is 1. The molecular weight excluding hydrogens is 388 g/mol. The largest absolute Gasteiger partial charge is 0.318 e. The predicted molar refractivity (Wildman–Crippen MR) is 99.0 cm³/mol. The average Bonchev–Trinajstić information content (AvgIpc) is 3.09. The molecule has 0 saturated heterocycles. The van der Waals surface area contributed by atoms with E-state index in [0.29, 0.717) is 5.75 Å². The molecular formula is C17H17BrN4OS. The van der Waals surface area contributed by atoms with Gasteiger partial charge in [-0.25, -0.2) is 0 Å². The van der Waals surface area contributed by atoms with Crippen molar-refractivity contribution in [3.05, 3.63) is 58.1 Å². The van der Waals surface area contributed by atoms with Gasteiger partial charge in [0.15, 0.2) is 10.9 Å². The molecule has 0 radical (unpaired) electrons. The van der Waals surface area contributed by atoms with Gasteiger partial charge in [0.2, 0.25) is 0 Å². The molecule has 5 nitrogen and oxygen atoms in total. The van der Waals surface area contributed by atoms with Crippen LogP contribution >= 0.6 is 27.7 Å². The van der Waals surface area contributed by atoms with E-state index in [0.717, 1.165) is 32.3 Å². The molecule has 124 valence electrons. The number of aryl methyl sites for hydroxylation is 2. The highest BCUT2D eigenvalue weighted by Crippen LogP contribution is 2.24. The normalized spacial score (nSPS) is 11.0. The van der Waals surface area contributed by atoms with Crippen molar-refractivity contribution in [3.8, 4) is 5.69 Å². The lowest BCUT2D eigenvalue weighted by atomic mass is 10.2. The highest BCUT2D eigenvalue weighted by Gasteiger charge is 2.17. The molecule has 0 bridgehead atoms. The second-order valence-electron chi connectivity index (χ2n) is 5.53. The van der Waals surface area contributed by atoms with E-state index in [1.54, 1.807) is 6.33 Å². The molecule has 0 spiro atoms. The Morgan fingerprint density at radius 1 is 1.25 bits per heavy atom. The van der Waals surface area contributed by atoms with E-state index in [2.05, 4.69) is 30.7 Å². The SMILES string of the molecule is Cc1cc(C(=O)CSc2nncn2C)c(C)n1-c1ccc(Br)cc1. The summed E-state index contributed by atoms with van der Waals surface area (Å²) in [5.41, 5.74) is 3.80. The van der Waals surface area contributed by atoms with Crippen molar-refractivity contribution < 1.29 is 4.79 Å². The van der Waals surface area contributed by atoms with Gasteiger partial charge in [0.25, 0.3) is 0 Å². The molecule has 0 atom stereocenters. The smallest absolute Gasteiger partial charge is 0.191 e. The van der Waals surface area contributed by atoms with Crippen LogP contribution in [0.1, 0.15) is 21.7 Å². The van der Waals surface area contributed by atoms with Crippen LogP contribution in [0.5, 0.6) is 0 Å². The zero-order chi connectivity index (χ0) is 17.3. The Morgan fingerprint density at radius 2 is 1.96 bits per heavy atom. The Kier molecular flexibility index (Phi) is 4.91. The summed E-state index contributed by atoms with van der Waals surface area (Å²) in [6.07, 6.45) is 1.63. The molecule has 2 aromatic heterocycles. The predicted octanol–water partition coefficient (Wildman–Crippen LogP) is 3.96. The fourth-order valence-corrected chi connectivity index (χ4v) is 3.68. The van der Waals surface area contributed by atoms with Gasteiger partial charge in [0.05, 0.1) is 5.75 Å². The quantitative estimate of drug-likeness (QED) is 0.476. The maximum Gasteiger partial charge on any atom is 0.191 e. The Morgan fingerprint density at radius 3 is 2.58 bits per heavy atom. The summed E-state index contributed by atoms with van der Waals surface area (Å²) >= 11 is 4.85. The number of hydrogen-bond donors (Lipinski definition) is 0. The van der Waals surface area contributed by atoms with Crippen LogP contribution in [0.25, 0.3) is 5.69 Å². The van der Waals surface area contributed by atoms with Crippen molar-refractivity contribution in [1.82, 2.24) is 19.3 Å². The second kappa shape index (κ2) is 6.94. The number of aromatic nitrogens is 4. The molecule has 0 N–H and O–H groups in total. The third-order valence-electron chi connectivity index (χ3n) is 3.82. The first kappa shape index (κ1) is 17.0. The zero-order valence-electron chi connectivity index (χ0n) is 13.7. The van der Waals surface area contributed by atoms with Crippen LogP contribution < -0.4 is 0 Å². The van der Waals surface area contributed by atoms with E-state index in [9.17, 15) is 4.79 Å². The van der Waals surface area contributed by atoms with E-state index >= 15 is 0 Å². The summed E-state index contributed by atoms with van der Waals surface area (Å²) in [5.74, 6) is 0.441. The van der Waals surface area contributed by atoms with Crippen LogP contribution in [-0.4, -0.2) is 30.9 Å². The Bertz CT molecular complexity index is 883. The molecule has 3 aromatic rings. The topological polar surface area (TPSA) is 52.7 Å². The lowest BCUT2D eigenvalue weighted by molar-refractivity contribution is 0.102. The fraction of sp³-hybridized carbons (Fsp3) is 0.235. The first-order chi connectivity index (χ1) is 11.5. The van der Waals surface area contributed by atoms with E-state index in [4.69, 9.17) is 0 Å². The van der Waals surface area contributed by atoms with E-state index < -0.39 is 0 Å². The number of halogens is 1. The van der Waals surface area contributed by atoms with Crippen molar-refractivity contribution in [2.24, 2.45) is 7.05 Å². The van der Waals surface area contributed by atoms with Gasteiger partial charge in [0, 0.05) is 34.2 Å². The van der Waals surface area contributed by atoms with Crippen LogP contribution in [0.15, 0.2) is 46.3 Å². The molecule has 0 aliphatic heterocycles. The van der Waals surface area contributed by atoms with Gasteiger partial charge in [-0.1, -0.05) is 27.7 Å². The van der Waals surface area contributed by atoms with Gasteiger partial charge < -0.3 is 9.13 Å². The first-order valence-electron chi connectivity index (χ1n) is 7.42. The van der Waals surface area contributed by atoms with Gasteiger partial charge in [0.1, 0.15) is 6.33 Å². The van der Waals surface area contributed by atoms with Gasteiger partial charge in [-0.15, -0.1) is 10.2 Å². The number of ketones is 1. The zero-order valence-corrected chi connectivity index (χ0v) is 16.1. The average molecular weight is 405 g/mol. The number of carbonyl (C=O) groups excluding carboxylic acids is 1. The van der Waals surface area contributed by atoms with Crippen LogP contribution in [0.4, 0.5) is 0 Å². The number of rotatable bonds is 5. The molecule has 24 heavy (non-hydrogen) atoms. The van der Waals surface area contributed by atoms with Crippen molar-refractivity contribution >= 4 is 33.5 Å². The van der Waals surface area contributed by atoms with Crippen molar-refractivity contribution in [2.45, 2.75) is 19.0 Å². The molecule has 0 unspecified atom stereocenters. The number of thioether (sulfide) groups is 1. The highest BCUT2D eigenvalue weighted by atomic mass is 79.9. The summed E-state index contributed by atoms with van der Waals surface area (Å²) in [6, 6.07) is 10.0. The van der Waals surface area contributed by atoms with Crippen molar-refractivity contribution in [1.29, 1.82) is 0 Å². The number of hydrogen-bond acceptors (Lipinski definition) is 4. The van der Waals surface area contributed by atoms with Gasteiger partial charge in [-0.05, 0) is 44.2 Å². The van der Waals surface area contributed by atoms with Crippen LogP contribution in [-0.2, 0) is 7.05 Å². The standard InChI is InChI=1S/C17H17BrN4OS/c1-11-8-15(16(23)9-24-17-20-19-10-21(17)3)12(2)22(11)14-6-4-13(18)5-7-14/h4-8,10H,9H2,1-3H3.